The summed E-state index contributed by atoms with van der Waals surface area (Å²) < 4.78 is 4.61. The zero-order chi connectivity index (χ0) is 15.3. The van der Waals surface area contributed by atoms with E-state index in [9.17, 15) is 19.5 Å². The van der Waals surface area contributed by atoms with Crippen LogP contribution in [-0.4, -0.2) is 56.8 Å². The molecule has 2 heterocycles. The Morgan fingerprint density at radius 3 is 2.55 bits per heavy atom. The number of amides is 2. The van der Waals surface area contributed by atoms with Crippen molar-refractivity contribution in [2.24, 2.45) is 0 Å². The summed E-state index contributed by atoms with van der Waals surface area (Å²) in [6, 6.07) is -0.924. The van der Waals surface area contributed by atoms with Crippen molar-refractivity contribution in [1.82, 2.24) is 10.2 Å². The molecule has 0 saturated carbocycles. The summed E-state index contributed by atoms with van der Waals surface area (Å²) in [6.45, 7) is 5.21. The molecule has 2 aliphatic heterocycles. The summed E-state index contributed by atoms with van der Waals surface area (Å²) >= 11 is 1.33. The number of hydrogen-bond acceptors (Lipinski definition) is 5. The van der Waals surface area contributed by atoms with E-state index in [4.69, 9.17) is 4.74 Å². The average Bonchev–Trinajstić information content (AvgIpc) is 2.65. The van der Waals surface area contributed by atoms with Crippen LogP contribution >= 0.6 is 11.8 Å². The second kappa shape index (κ2) is 4.63. The SMILES string of the molecule is CCC(=O)N[C@@]1(OC)C(=O)N2[C@@H](C(=O)O)C(C)(C)S[C@@H]21. The van der Waals surface area contributed by atoms with Gasteiger partial charge in [0.2, 0.25) is 5.91 Å². The number of nitrogens with zero attached hydrogens (tertiary/aromatic N) is 1. The number of carboxylic acids is 1. The van der Waals surface area contributed by atoms with E-state index >= 15 is 0 Å². The lowest BCUT2D eigenvalue weighted by atomic mass is 9.93. The highest BCUT2D eigenvalue weighted by Gasteiger charge is 2.73. The summed E-state index contributed by atoms with van der Waals surface area (Å²) in [6.07, 6.45) is 0.224. The van der Waals surface area contributed by atoms with Gasteiger partial charge >= 0.3 is 5.97 Å². The number of rotatable bonds is 4. The lowest BCUT2D eigenvalue weighted by molar-refractivity contribution is -0.201. The third kappa shape index (κ3) is 1.81. The van der Waals surface area contributed by atoms with Gasteiger partial charge in [-0.2, -0.15) is 0 Å². The van der Waals surface area contributed by atoms with Crippen LogP contribution in [0.2, 0.25) is 0 Å². The first kappa shape index (κ1) is 15.1. The van der Waals surface area contributed by atoms with Crippen LogP contribution in [0.3, 0.4) is 0 Å². The van der Waals surface area contributed by atoms with Gasteiger partial charge in [0.1, 0.15) is 11.4 Å². The largest absolute Gasteiger partial charge is 0.480 e. The Morgan fingerprint density at radius 2 is 2.10 bits per heavy atom. The van der Waals surface area contributed by atoms with Crippen LogP contribution in [0.4, 0.5) is 0 Å². The van der Waals surface area contributed by atoms with Crippen molar-refractivity contribution in [3.8, 4) is 0 Å². The van der Waals surface area contributed by atoms with Crippen LogP contribution in [0.1, 0.15) is 27.2 Å². The maximum absolute atomic E-state index is 12.4. The maximum atomic E-state index is 12.4. The van der Waals surface area contributed by atoms with E-state index in [0.717, 1.165) is 0 Å². The van der Waals surface area contributed by atoms with Gasteiger partial charge < -0.3 is 20.1 Å². The molecule has 2 aliphatic rings. The van der Waals surface area contributed by atoms with Crippen LogP contribution in [0.15, 0.2) is 0 Å². The number of carboxylic acid groups (broad SMARTS) is 1. The Morgan fingerprint density at radius 1 is 1.50 bits per heavy atom. The van der Waals surface area contributed by atoms with Gasteiger partial charge in [-0.3, -0.25) is 9.59 Å². The second-order valence-corrected chi connectivity index (χ2v) is 7.10. The van der Waals surface area contributed by atoms with E-state index < -0.39 is 33.8 Å². The summed E-state index contributed by atoms with van der Waals surface area (Å²) in [5.41, 5.74) is -1.45. The zero-order valence-corrected chi connectivity index (χ0v) is 12.6. The van der Waals surface area contributed by atoms with E-state index in [0.29, 0.717) is 0 Å². The first-order valence-electron chi connectivity index (χ1n) is 6.30. The van der Waals surface area contributed by atoms with Gasteiger partial charge in [0, 0.05) is 18.3 Å². The van der Waals surface area contributed by atoms with Gasteiger partial charge in [-0.15, -0.1) is 11.8 Å². The van der Waals surface area contributed by atoms with Gasteiger partial charge in [0.15, 0.2) is 0 Å². The van der Waals surface area contributed by atoms with Crippen molar-refractivity contribution in [2.45, 2.75) is 49.1 Å². The summed E-state index contributed by atoms with van der Waals surface area (Å²) in [5, 5.41) is 11.4. The quantitative estimate of drug-likeness (QED) is 0.561. The molecular formula is C12H18N2O5S. The van der Waals surface area contributed by atoms with Crippen molar-refractivity contribution < 1.29 is 24.2 Å². The number of carbonyl (C=O) groups excluding carboxylic acids is 2. The molecule has 2 N–H and O–H groups in total. The number of nitrogens with one attached hydrogen (secondary N) is 1. The lowest BCUT2D eigenvalue weighted by Gasteiger charge is -2.51. The molecule has 0 bridgehead atoms. The minimum atomic E-state index is -1.45. The van der Waals surface area contributed by atoms with Crippen molar-refractivity contribution in [2.75, 3.05) is 7.11 Å². The van der Waals surface area contributed by atoms with E-state index in [-0.39, 0.29) is 12.3 Å². The Kier molecular flexibility index (Phi) is 3.50. The highest BCUT2D eigenvalue weighted by Crippen LogP contribution is 2.54. The monoisotopic (exact) mass is 302 g/mol. The molecule has 2 amide bonds. The van der Waals surface area contributed by atoms with Crippen LogP contribution in [-0.2, 0) is 19.1 Å². The van der Waals surface area contributed by atoms with E-state index in [1.54, 1.807) is 20.8 Å². The fourth-order valence-electron chi connectivity index (χ4n) is 2.68. The normalized spacial score (nSPS) is 34.4. The molecule has 2 fully saturated rings. The van der Waals surface area contributed by atoms with Crippen molar-refractivity contribution in [1.29, 1.82) is 0 Å². The van der Waals surface area contributed by atoms with E-state index in [2.05, 4.69) is 5.32 Å². The number of carbonyl (C=O) groups is 3. The molecule has 7 nitrogen and oxygen atoms in total. The number of aliphatic carboxylic acids is 1. The maximum Gasteiger partial charge on any atom is 0.327 e. The zero-order valence-electron chi connectivity index (χ0n) is 11.8. The third-order valence-corrected chi connectivity index (χ3v) is 5.32. The molecule has 20 heavy (non-hydrogen) atoms. The number of β-lactam (4-membered cyclic amide) rings is 1. The first-order chi connectivity index (χ1) is 9.21. The molecule has 2 rings (SSSR count). The molecular weight excluding hydrogens is 284 g/mol. The molecule has 0 aromatic carbocycles. The molecule has 0 aromatic heterocycles. The summed E-state index contributed by atoms with van der Waals surface area (Å²) in [5.74, 6) is -1.86. The summed E-state index contributed by atoms with van der Waals surface area (Å²) in [4.78, 5) is 36.6. The summed E-state index contributed by atoms with van der Waals surface area (Å²) in [7, 11) is 1.34. The van der Waals surface area contributed by atoms with Gasteiger partial charge in [-0.1, -0.05) is 6.92 Å². The standard InChI is InChI=1S/C12H18N2O5S/c1-5-6(15)13-12(19-4)9(18)14-7(8(16)17)11(2,3)20-10(12)14/h7,10H,5H2,1-4H3,(H,13,15)(H,16,17)/t7-,10+,12+/m0/s1. The lowest BCUT2D eigenvalue weighted by Crippen LogP contribution is -2.80. The smallest absolute Gasteiger partial charge is 0.327 e. The molecule has 0 aliphatic carbocycles. The Hall–Kier alpha value is -1.28. The van der Waals surface area contributed by atoms with Crippen molar-refractivity contribution in [3.63, 3.8) is 0 Å². The second-order valence-electron chi connectivity index (χ2n) is 5.37. The predicted octanol–water partition coefficient (Wildman–Crippen LogP) is 0.00220. The molecule has 0 unspecified atom stereocenters. The molecule has 8 heteroatoms. The van der Waals surface area contributed by atoms with E-state index in [1.165, 1.54) is 23.8 Å². The van der Waals surface area contributed by atoms with Crippen molar-refractivity contribution >= 4 is 29.5 Å². The minimum absolute atomic E-state index is 0.224. The van der Waals surface area contributed by atoms with Gasteiger partial charge in [-0.05, 0) is 13.8 Å². The number of ether oxygens (including phenoxy) is 1. The first-order valence-corrected chi connectivity index (χ1v) is 7.18. The molecule has 2 saturated heterocycles. The molecule has 3 atom stereocenters. The number of hydrogen-bond donors (Lipinski definition) is 2. The number of fused-ring (bicyclic) bond motifs is 1. The Labute approximate surface area is 121 Å². The van der Waals surface area contributed by atoms with Crippen LogP contribution < -0.4 is 5.32 Å². The topological polar surface area (TPSA) is 95.9 Å². The number of methoxy groups -OCH3 is 1. The number of thioether (sulfide) groups is 1. The molecule has 0 radical (unpaired) electrons. The average molecular weight is 302 g/mol. The molecule has 112 valence electrons. The Bertz CT molecular complexity index is 480. The van der Waals surface area contributed by atoms with Crippen LogP contribution in [0, 0.1) is 0 Å². The Balaban J connectivity index is 2.33. The fraction of sp³-hybridized carbons (Fsp3) is 0.750. The van der Waals surface area contributed by atoms with Gasteiger partial charge in [0.05, 0.1) is 0 Å². The van der Waals surface area contributed by atoms with Crippen LogP contribution in [0.5, 0.6) is 0 Å². The highest BCUT2D eigenvalue weighted by atomic mass is 32.2. The third-order valence-electron chi connectivity index (χ3n) is 3.71. The fourth-order valence-corrected chi connectivity index (χ4v) is 4.35. The highest BCUT2D eigenvalue weighted by molar-refractivity contribution is 8.01. The van der Waals surface area contributed by atoms with Crippen LogP contribution in [0.25, 0.3) is 0 Å². The predicted molar refractivity (Wildman–Crippen MR) is 71.9 cm³/mol. The van der Waals surface area contributed by atoms with Crippen molar-refractivity contribution in [3.05, 3.63) is 0 Å². The molecule has 0 aromatic rings. The van der Waals surface area contributed by atoms with E-state index in [1.807, 2.05) is 0 Å². The van der Waals surface area contributed by atoms with Gasteiger partial charge in [0.25, 0.3) is 11.6 Å². The minimum Gasteiger partial charge on any atom is -0.480 e. The van der Waals surface area contributed by atoms with Gasteiger partial charge in [-0.25, -0.2) is 4.79 Å². The molecule has 0 spiro atoms.